The van der Waals surface area contributed by atoms with Crippen molar-refractivity contribution in [3.05, 3.63) is 106 Å². The van der Waals surface area contributed by atoms with Gasteiger partial charge in [-0.1, -0.05) is 54.4 Å². The van der Waals surface area contributed by atoms with Crippen LogP contribution in [0.4, 0.5) is 0 Å². The van der Waals surface area contributed by atoms with Gasteiger partial charge in [-0.15, -0.1) is 0 Å². The fourth-order valence-corrected chi connectivity index (χ4v) is 5.19. The van der Waals surface area contributed by atoms with Gasteiger partial charge >= 0.3 is 0 Å². The first-order chi connectivity index (χ1) is 18.2. The fourth-order valence-electron chi connectivity index (χ4n) is 5.00. The summed E-state index contributed by atoms with van der Waals surface area (Å²) < 4.78 is 12.3. The monoisotopic (exact) mass is 511 g/mol. The number of aromatic nitrogens is 2. The van der Waals surface area contributed by atoms with E-state index in [0.29, 0.717) is 18.1 Å². The van der Waals surface area contributed by atoms with Crippen LogP contribution in [0, 0.1) is 0 Å². The average molecular weight is 512 g/mol. The minimum Gasteiger partial charge on any atom is -0.489 e. The molecule has 0 amide bonds. The van der Waals surface area contributed by atoms with E-state index in [2.05, 4.69) is 40.2 Å². The number of furan rings is 1. The Hall–Kier alpha value is -3.54. The maximum absolute atomic E-state index is 6.32. The number of halogens is 1. The van der Waals surface area contributed by atoms with Crippen LogP contribution in [0.25, 0.3) is 22.6 Å². The molecule has 1 aliphatic heterocycles. The van der Waals surface area contributed by atoms with E-state index in [4.69, 9.17) is 25.7 Å². The number of hydrogen-bond acceptors (Lipinski definition) is 4. The first kappa shape index (κ1) is 23.8. The molecule has 0 unspecified atom stereocenters. The molecule has 3 heterocycles. The predicted octanol–water partition coefficient (Wildman–Crippen LogP) is 7.63. The highest BCUT2D eigenvalue weighted by atomic mass is 35.5. The normalized spacial score (nSPS) is 14.3. The minimum atomic E-state index is 0.498. The molecule has 3 aromatic carbocycles. The van der Waals surface area contributed by atoms with Crippen LogP contribution in [0.3, 0.4) is 0 Å². The van der Waals surface area contributed by atoms with Crippen molar-refractivity contribution in [1.29, 1.82) is 0 Å². The predicted molar refractivity (Wildman–Crippen MR) is 148 cm³/mol. The smallest absolute Gasteiger partial charge is 0.174 e. The van der Waals surface area contributed by atoms with Crippen LogP contribution in [-0.2, 0) is 19.6 Å². The molecular weight excluding hydrogens is 482 g/mol. The summed E-state index contributed by atoms with van der Waals surface area (Å²) in [5.74, 6) is 3.09. The van der Waals surface area contributed by atoms with Crippen LogP contribution < -0.4 is 4.74 Å². The molecule has 0 spiro atoms. The van der Waals surface area contributed by atoms with E-state index in [0.717, 1.165) is 51.8 Å². The second-order valence-electron chi connectivity index (χ2n) is 9.74. The Morgan fingerprint density at radius 2 is 1.76 bits per heavy atom. The van der Waals surface area contributed by atoms with Crippen LogP contribution in [-0.4, -0.2) is 28.0 Å². The van der Waals surface area contributed by atoms with Crippen molar-refractivity contribution in [3.63, 3.8) is 0 Å². The van der Waals surface area contributed by atoms with Crippen LogP contribution >= 0.6 is 11.6 Å². The number of likely N-dealkylation sites (tertiary alicyclic amines) is 1. The molecule has 2 aromatic heterocycles. The Labute approximate surface area is 222 Å². The Bertz CT molecular complexity index is 1490. The summed E-state index contributed by atoms with van der Waals surface area (Å²) in [5, 5.41) is 0.673. The quantitative estimate of drug-likeness (QED) is 0.232. The Morgan fingerprint density at radius 3 is 2.62 bits per heavy atom. The summed E-state index contributed by atoms with van der Waals surface area (Å²) in [4.78, 5) is 10.8. The number of nitrogens with one attached hydrogen (secondary N) is 1. The zero-order valence-corrected chi connectivity index (χ0v) is 21.5. The van der Waals surface area contributed by atoms with Crippen LogP contribution in [0.1, 0.15) is 41.7 Å². The van der Waals surface area contributed by atoms with Gasteiger partial charge in [-0.05, 0) is 79.5 Å². The number of fused-ring (bicyclic) bond motifs is 1. The van der Waals surface area contributed by atoms with Crippen molar-refractivity contribution in [2.24, 2.45) is 0 Å². The van der Waals surface area contributed by atoms with E-state index < -0.39 is 0 Å². The summed E-state index contributed by atoms with van der Waals surface area (Å²) in [7, 11) is 0. The maximum atomic E-state index is 6.32. The third kappa shape index (κ3) is 5.74. The van der Waals surface area contributed by atoms with Crippen LogP contribution in [0.2, 0.25) is 5.02 Å². The lowest BCUT2D eigenvalue weighted by atomic mass is 10.1. The first-order valence-corrected chi connectivity index (χ1v) is 13.3. The van der Waals surface area contributed by atoms with Gasteiger partial charge < -0.3 is 14.1 Å². The molecule has 1 saturated heterocycles. The van der Waals surface area contributed by atoms with E-state index in [1.165, 1.54) is 37.9 Å². The lowest BCUT2D eigenvalue weighted by Gasteiger charge is -2.26. The number of rotatable bonds is 8. The van der Waals surface area contributed by atoms with Crippen LogP contribution in [0.15, 0.2) is 83.3 Å². The second-order valence-corrected chi connectivity index (χ2v) is 10.2. The summed E-state index contributed by atoms with van der Waals surface area (Å²) in [6.07, 6.45) is 4.52. The maximum Gasteiger partial charge on any atom is 0.174 e. The molecule has 6 rings (SSSR count). The Balaban J connectivity index is 1.17. The molecule has 1 aliphatic rings. The Morgan fingerprint density at radius 1 is 0.892 bits per heavy atom. The van der Waals surface area contributed by atoms with E-state index in [-0.39, 0.29) is 0 Å². The number of ether oxygens (including phenoxy) is 1. The highest BCUT2D eigenvalue weighted by molar-refractivity contribution is 6.30. The standard InChI is InChI=1S/C31H30ClN3O2/c32-25-10-13-29(36-21-22-7-3-1-4-8-22)24(18-25)19-26-11-14-30(37-26)31-33-27-12-9-23(17-28(27)34-31)20-35-15-5-2-6-16-35/h1,3-4,7-14,17-18H,2,5-6,15-16,19-21H2,(H,33,34). The third-order valence-corrected chi connectivity index (χ3v) is 7.16. The lowest BCUT2D eigenvalue weighted by Crippen LogP contribution is -2.29. The summed E-state index contributed by atoms with van der Waals surface area (Å²) in [6.45, 7) is 3.86. The number of piperidine rings is 1. The summed E-state index contributed by atoms with van der Waals surface area (Å²) in [6, 6.07) is 26.3. The lowest BCUT2D eigenvalue weighted by molar-refractivity contribution is 0.221. The van der Waals surface area contributed by atoms with Gasteiger partial charge in [-0.3, -0.25) is 4.90 Å². The van der Waals surface area contributed by atoms with E-state index in [1.807, 2.05) is 48.5 Å². The SMILES string of the molecule is Clc1ccc(OCc2ccccc2)c(Cc2ccc(-c3nc4ccc(CN5CCCCC5)cc4[nH]3)o2)c1. The molecule has 0 bridgehead atoms. The van der Waals surface area contributed by atoms with Crippen molar-refractivity contribution in [2.45, 2.75) is 38.8 Å². The molecule has 6 heteroatoms. The van der Waals surface area contributed by atoms with Crippen molar-refractivity contribution in [1.82, 2.24) is 14.9 Å². The third-order valence-electron chi connectivity index (χ3n) is 6.92. The molecule has 1 N–H and O–H groups in total. The Kier molecular flexibility index (Phi) is 6.98. The first-order valence-electron chi connectivity index (χ1n) is 12.9. The molecule has 188 valence electrons. The molecule has 0 saturated carbocycles. The van der Waals surface area contributed by atoms with E-state index in [1.54, 1.807) is 0 Å². The molecule has 0 atom stereocenters. The molecular formula is C31H30ClN3O2. The van der Waals surface area contributed by atoms with Gasteiger partial charge in [0.2, 0.25) is 0 Å². The summed E-state index contributed by atoms with van der Waals surface area (Å²) >= 11 is 6.32. The molecule has 1 fully saturated rings. The molecule has 5 nitrogen and oxygen atoms in total. The van der Waals surface area contributed by atoms with Crippen molar-refractivity contribution in [3.8, 4) is 17.3 Å². The van der Waals surface area contributed by atoms with Gasteiger partial charge in [0.1, 0.15) is 18.1 Å². The molecule has 0 aliphatic carbocycles. The number of nitrogens with zero attached hydrogens (tertiary/aromatic N) is 2. The van der Waals surface area contributed by atoms with Gasteiger partial charge in [0.15, 0.2) is 11.6 Å². The second kappa shape index (κ2) is 10.8. The average Bonchev–Trinajstić information content (AvgIpc) is 3.56. The van der Waals surface area contributed by atoms with Gasteiger partial charge in [0, 0.05) is 23.6 Å². The van der Waals surface area contributed by atoms with Crippen LogP contribution in [0.5, 0.6) is 5.75 Å². The fraction of sp³-hybridized carbons (Fsp3) is 0.258. The minimum absolute atomic E-state index is 0.498. The zero-order chi connectivity index (χ0) is 25.0. The number of hydrogen-bond donors (Lipinski definition) is 1. The van der Waals surface area contributed by atoms with Gasteiger partial charge in [-0.25, -0.2) is 4.98 Å². The highest BCUT2D eigenvalue weighted by Gasteiger charge is 2.15. The summed E-state index contributed by atoms with van der Waals surface area (Å²) in [5.41, 5.74) is 5.40. The molecule has 5 aromatic rings. The van der Waals surface area contributed by atoms with E-state index in [9.17, 15) is 0 Å². The highest BCUT2D eigenvalue weighted by Crippen LogP contribution is 2.29. The largest absolute Gasteiger partial charge is 0.489 e. The number of benzene rings is 3. The molecule has 0 radical (unpaired) electrons. The molecule has 37 heavy (non-hydrogen) atoms. The van der Waals surface area contributed by atoms with Gasteiger partial charge in [0.25, 0.3) is 0 Å². The number of imidazole rings is 1. The van der Waals surface area contributed by atoms with Gasteiger partial charge in [0.05, 0.1) is 11.0 Å². The van der Waals surface area contributed by atoms with E-state index >= 15 is 0 Å². The van der Waals surface area contributed by atoms with Gasteiger partial charge in [-0.2, -0.15) is 0 Å². The van der Waals surface area contributed by atoms with Crippen molar-refractivity contribution in [2.75, 3.05) is 13.1 Å². The zero-order valence-electron chi connectivity index (χ0n) is 20.8. The number of H-pyrrole nitrogens is 1. The topological polar surface area (TPSA) is 54.3 Å². The number of aromatic amines is 1. The van der Waals surface area contributed by atoms with Crippen molar-refractivity contribution < 1.29 is 9.15 Å². The van der Waals surface area contributed by atoms with Crippen molar-refractivity contribution >= 4 is 22.6 Å².